The molecule has 0 aliphatic carbocycles. The molecule has 25 heavy (non-hydrogen) atoms. The predicted octanol–water partition coefficient (Wildman–Crippen LogP) is 2.09. The number of benzene rings is 2. The van der Waals surface area contributed by atoms with Gasteiger partial charge in [0.15, 0.2) is 0 Å². The van der Waals surface area contributed by atoms with E-state index in [2.05, 4.69) is 5.32 Å². The number of anilines is 1. The van der Waals surface area contributed by atoms with Gasteiger partial charge in [-0.3, -0.25) is 9.10 Å². The van der Waals surface area contributed by atoms with Crippen LogP contribution in [-0.2, 0) is 21.2 Å². The highest BCUT2D eigenvalue weighted by Crippen LogP contribution is 2.18. The van der Waals surface area contributed by atoms with Crippen LogP contribution in [0.5, 0.6) is 0 Å². The van der Waals surface area contributed by atoms with Crippen molar-refractivity contribution < 1.29 is 22.0 Å². The SMILES string of the molecule is CS(=O)(=O)N(CCNC(=O)Cc1ccccc1F)c1cccc(F)c1. The molecule has 1 amide bonds. The molecule has 0 saturated carbocycles. The Morgan fingerprint density at radius 3 is 2.48 bits per heavy atom. The van der Waals surface area contributed by atoms with E-state index < -0.39 is 27.6 Å². The first-order chi connectivity index (χ1) is 11.8. The van der Waals surface area contributed by atoms with E-state index >= 15 is 0 Å². The fourth-order valence-corrected chi connectivity index (χ4v) is 3.21. The van der Waals surface area contributed by atoms with Crippen molar-refractivity contribution in [3.05, 3.63) is 65.7 Å². The van der Waals surface area contributed by atoms with Crippen LogP contribution in [0.1, 0.15) is 5.56 Å². The molecular weight excluding hydrogens is 350 g/mol. The van der Waals surface area contributed by atoms with Crippen LogP contribution in [0.25, 0.3) is 0 Å². The number of rotatable bonds is 7. The van der Waals surface area contributed by atoms with Gasteiger partial charge in [0.1, 0.15) is 11.6 Å². The van der Waals surface area contributed by atoms with E-state index in [-0.39, 0.29) is 30.8 Å². The lowest BCUT2D eigenvalue weighted by Gasteiger charge is -2.22. The van der Waals surface area contributed by atoms with Crippen LogP contribution >= 0.6 is 0 Å². The van der Waals surface area contributed by atoms with Crippen LogP contribution in [0.15, 0.2) is 48.5 Å². The predicted molar refractivity (Wildman–Crippen MR) is 91.7 cm³/mol. The van der Waals surface area contributed by atoms with Gasteiger partial charge in [0.05, 0.1) is 24.9 Å². The minimum absolute atomic E-state index is 0.0108. The standard InChI is InChI=1S/C17H18F2N2O3S/c1-25(23,24)21(15-7-4-6-14(18)12-15)10-9-20-17(22)11-13-5-2-3-8-16(13)19/h2-8,12H,9-11H2,1H3,(H,20,22). The number of hydrogen-bond donors (Lipinski definition) is 1. The molecule has 2 aromatic carbocycles. The van der Waals surface area contributed by atoms with Crippen LogP contribution in [-0.4, -0.2) is 33.7 Å². The van der Waals surface area contributed by atoms with Crippen molar-refractivity contribution in [1.82, 2.24) is 5.32 Å². The van der Waals surface area contributed by atoms with Gasteiger partial charge in [-0.1, -0.05) is 24.3 Å². The van der Waals surface area contributed by atoms with Gasteiger partial charge >= 0.3 is 0 Å². The van der Waals surface area contributed by atoms with Gasteiger partial charge in [-0.25, -0.2) is 17.2 Å². The number of nitrogens with one attached hydrogen (secondary N) is 1. The fourth-order valence-electron chi connectivity index (χ4n) is 2.29. The average Bonchev–Trinajstić information content (AvgIpc) is 2.52. The summed E-state index contributed by atoms with van der Waals surface area (Å²) in [5.41, 5.74) is 0.427. The Morgan fingerprint density at radius 1 is 1.12 bits per heavy atom. The summed E-state index contributed by atoms with van der Waals surface area (Å²) < 4.78 is 51.6. The molecule has 0 spiro atoms. The quantitative estimate of drug-likeness (QED) is 0.814. The van der Waals surface area contributed by atoms with E-state index in [0.29, 0.717) is 0 Å². The normalized spacial score (nSPS) is 11.2. The number of nitrogens with zero attached hydrogens (tertiary/aromatic N) is 1. The highest BCUT2D eigenvalue weighted by Gasteiger charge is 2.18. The fraction of sp³-hybridized carbons (Fsp3) is 0.235. The third kappa shape index (κ3) is 5.53. The molecule has 0 radical (unpaired) electrons. The van der Waals surface area contributed by atoms with Crippen LogP contribution in [0.2, 0.25) is 0 Å². The van der Waals surface area contributed by atoms with Crippen LogP contribution < -0.4 is 9.62 Å². The number of halogens is 2. The Bertz CT molecular complexity index is 856. The summed E-state index contributed by atoms with van der Waals surface area (Å²) in [7, 11) is -3.64. The average molecular weight is 368 g/mol. The maximum atomic E-state index is 13.5. The molecule has 134 valence electrons. The summed E-state index contributed by atoms with van der Waals surface area (Å²) in [6.45, 7) is -0.0534. The molecule has 2 rings (SSSR count). The molecule has 2 aromatic rings. The largest absolute Gasteiger partial charge is 0.354 e. The molecule has 0 unspecified atom stereocenters. The summed E-state index contributed by atoms with van der Waals surface area (Å²) in [4.78, 5) is 11.9. The van der Waals surface area contributed by atoms with E-state index in [1.807, 2.05) is 0 Å². The second kappa shape index (κ2) is 8.06. The summed E-state index contributed by atoms with van der Waals surface area (Å²) in [5, 5.41) is 2.54. The first-order valence-electron chi connectivity index (χ1n) is 7.51. The van der Waals surface area contributed by atoms with Crippen molar-refractivity contribution in [2.45, 2.75) is 6.42 Å². The van der Waals surface area contributed by atoms with Gasteiger partial charge in [-0.2, -0.15) is 0 Å². The van der Waals surface area contributed by atoms with Gasteiger partial charge in [0.2, 0.25) is 15.9 Å². The molecule has 5 nitrogen and oxygen atoms in total. The highest BCUT2D eigenvalue weighted by molar-refractivity contribution is 7.92. The molecule has 0 aliphatic rings. The zero-order valence-electron chi connectivity index (χ0n) is 13.6. The lowest BCUT2D eigenvalue weighted by Crippen LogP contribution is -2.38. The first-order valence-corrected chi connectivity index (χ1v) is 9.35. The molecular formula is C17H18F2N2O3S. The van der Waals surface area contributed by atoms with Crippen molar-refractivity contribution in [2.75, 3.05) is 23.7 Å². The number of carbonyl (C=O) groups excluding carboxylic acids is 1. The molecule has 0 fully saturated rings. The van der Waals surface area contributed by atoms with Gasteiger partial charge < -0.3 is 5.32 Å². The summed E-state index contributed by atoms with van der Waals surface area (Å²) in [6.07, 6.45) is 0.852. The Labute approximate surface area is 145 Å². The van der Waals surface area contributed by atoms with Crippen molar-refractivity contribution in [1.29, 1.82) is 0 Å². The van der Waals surface area contributed by atoms with E-state index in [1.165, 1.54) is 36.4 Å². The van der Waals surface area contributed by atoms with Crippen LogP contribution in [0.3, 0.4) is 0 Å². The molecule has 0 aliphatic heterocycles. The highest BCUT2D eigenvalue weighted by atomic mass is 32.2. The van der Waals surface area contributed by atoms with Crippen LogP contribution in [0, 0.1) is 11.6 Å². The molecule has 0 aromatic heterocycles. The van der Waals surface area contributed by atoms with E-state index in [9.17, 15) is 22.0 Å². The molecule has 0 bridgehead atoms. The Kier molecular flexibility index (Phi) is 6.08. The zero-order valence-corrected chi connectivity index (χ0v) is 14.4. The van der Waals surface area contributed by atoms with Crippen molar-refractivity contribution >= 4 is 21.6 Å². The zero-order chi connectivity index (χ0) is 18.4. The van der Waals surface area contributed by atoms with Crippen molar-refractivity contribution in [3.8, 4) is 0 Å². The van der Waals surface area contributed by atoms with Gasteiger partial charge in [-0.05, 0) is 29.8 Å². The second-order valence-corrected chi connectivity index (χ2v) is 7.34. The van der Waals surface area contributed by atoms with E-state index in [0.717, 1.165) is 16.6 Å². The topological polar surface area (TPSA) is 66.5 Å². The smallest absolute Gasteiger partial charge is 0.232 e. The second-order valence-electron chi connectivity index (χ2n) is 5.43. The Balaban J connectivity index is 1.97. The van der Waals surface area contributed by atoms with E-state index in [4.69, 9.17) is 0 Å². The minimum atomic E-state index is -3.64. The molecule has 0 saturated heterocycles. The van der Waals surface area contributed by atoms with Crippen molar-refractivity contribution in [2.24, 2.45) is 0 Å². The summed E-state index contributed by atoms with van der Waals surface area (Å²) >= 11 is 0. The number of sulfonamides is 1. The summed E-state index contributed by atoms with van der Waals surface area (Å²) in [6, 6.07) is 11.1. The molecule has 8 heteroatoms. The Hall–Kier alpha value is -2.48. The molecule has 0 heterocycles. The minimum Gasteiger partial charge on any atom is -0.354 e. The lowest BCUT2D eigenvalue weighted by atomic mass is 10.1. The van der Waals surface area contributed by atoms with Gasteiger partial charge in [-0.15, -0.1) is 0 Å². The molecule has 1 N–H and O–H groups in total. The summed E-state index contributed by atoms with van der Waals surface area (Å²) in [5.74, 6) is -1.47. The number of amides is 1. The van der Waals surface area contributed by atoms with Crippen molar-refractivity contribution in [3.63, 3.8) is 0 Å². The lowest BCUT2D eigenvalue weighted by molar-refractivity contribution is -0.120. The maximum absolute atomic E-state index is 13.5. The van der Waals surface area contributed by atoms with Gasteiger partial charge in [0.25, 0.3) is 0 Å². The van der Waals surface area contributed by atoms with Crippen LogP contribution in [0.4, 0.5) is 14.5 Å². The number of hydrogen-bond acceptors (Lipinski definition) is 3. The monoisotopic (exact) mass is 368 g/mol. The first kappa shape index (κ1) is 18.9. The number of carbonyl (C=O) groups is 1. The molecule has 0 atom stereocenters. The third-order valence-electron chi connectivity index (χ3n) is 3.44. The maximum Gasteiger partial charge on any atom is 0.232 e. The third-order valence-corrected chi connectivity index (χ3v) is 4.64. The Morgan fingerprint density at radius 2 is 1.84 bits per heavy atom. The van der Waals surface area contributed by atoms with Gasteiger partial charge in [0, 0.05) is 6.54 Å². The van der Waals surface area contributed by atoms with E-state index in [1.54, 1.807) is 6.07 Å².